The molecule has 1 aromatic carbocycles. The van der Waals surface area contributed by atoms with Gasteiger partial charge in [-0.3, -0.25) is 4.79 Å². The van der Waals surface area contributed by atoms with Gasteiger partial charge in [-0.1, -0.05) is 6.07 Å². The minimum absolute atomic E-state index is 0.166. The van der Waals surface area contributed by atoms with Crippen LogP contribution in [0, 0.1) is 0 Å². The summed E-state index contributed by atoms with van der Waals surface area (Å²) >= 11 is 0. The van der Waals surface area contributed by atoms with Crippen molar-refractivity contribution in [3.8, 4) is 0 Å². The fourth-order valence-electron chi connectivity index (χ4n) is 1.98. The van der Waals surface area contributed by atoms with Gasteiger partial charge in [0.1, 0.15) is 11.0 Å². The van der Waals surface area contributed by atoms with Crippen molar-refractivity contribution in [3.05, 3.63) is 35.7 Å². The van der Waals surface area contributed by atoms with Crippen LogP contribution < -0.4 is 0 Å². The molecule has 0 saturated carbocycles. The molecule has 1 aliphatic rings. The Labute approximate surface area is 102 Å². The molecule has 0 fully saturated rings. The summed E-state index contributed by atoms with van der Waals surface area (Å²) in [5, 5.41) is 7.42. The summed E-state index contributed by atoms with van der Waals surface area (Å²) in [6.45, 7) is 0.662. The fraction of sp³-hybridized carbons (Fsp3) is 0.250. The van der Waals surface area contributed by atoms with E-state index >= 15 is 0 Å². The summed E-state index contributed by atoms with van der Waals surface area (Å²) < 4.78 is 17.5. The van der Waals surface area contributed by atoms with Crippen molar-refractivity contribution in [1.82, 2.24) is 15.2 Å². The highest BCUT2D eigenvalue weighted by atomic mass is 19.1. The first-order valence-corrected chi connectivity index (χ1v) is 5.61. The van der Waals surface area contributed by atoms with Crippen molar-refractivity contribution in [2.45, 2.75) is 6.42 Å². The maximum atomic E-state index is 12.9. The molecule has 3 rings (SSSR count). The number of hydrogen-bond donors (Lipinski definition) is 0. The smallest absolute Gasteiger partial charge is 0.256 e. The van der Waals surface area contributed by atoms with Crippen LogP contribution in [0.1, 0.15) is 16.8 Å². The Hall–Kier alpha value is -2.24. The van der Waals surface area contributed by atoms with E-state index in [0.29, 0.717) is 23.1 Å². The Bertz CT molecular complexity index is 635. The number of benzene rings is 1. The molecule has 0 atom stereocenters. The Balaban J connectivity index is 1.95. The lowest BCUT2D eigenvalue weighted by molar-refractivity contribution is 0.0766. The van der Waals surface area contributed by atoms with Gasteiger partial charge in [0.15, 0.2) is 0 Å². The van der Waals surface area contributed by atoms with Gasteiger partial charge < -0.3 is 4.90 Å². The molecule has 5 nitrogen and oxygen atoms in total. The number of rotatable bonds is 1. The molecule has 0 spiro atoms. The van der Waals surface area contributed by atoms with Gasteiger partial charge in [0.05, 0.1) is 11.4 Å². The molecular weight excluding hydrogens is 237 g/mol. The normalized spacial score (nSPS) is 15.8. The lowest BCUT2D eigenvalue weighted by atomic mass is 10.1. The van der Waals surface area contributed by atoms with Crippen LogP contribution in [0.2, 0.25) is 0 Å². The zero-order valence-electron chi connectivity index (χ0n) is 9.47. The number of carbonyl (C=O) groups is 1. The lowest BCUT2D eigenvalue weighted by Gasteiger charge is -2.24. The van der Waals surface area contributed by atoms with Crippen LogP contribution in [0.3, 0.4) is 0 Å². The van der Waals surface area contributed by atoms with Gasteiger partial charge in [0, 0.05) is 19.5 Å². The van der Waals surface area contributed by atoms with E-state index in [1.54, 1.807) is 23.1 Å². The van der Waals surface area contributed by atoms with Gasteiger partial charge in [0.2, 0.25) is 0 Å². The van der Waals surface area contributed by atoms with Crippen LogP contribution in [0.4, 0.5) is 4.39 Å². The Morgan fingerprint density at radius 2 is 2.28 bits per heavy atom. The van der Waals surface area contributed by atoms with Crippen LogP contribution in [-0.4, -0.2) is 34.2 Å². The molecule has 2 aromatic rings. The van der Waals surface area contributed by atoms with E-state index in [4.69, 9.17) is 0 Å². The second kappa shape index (κ2) is 4.21. The highest BCUT2D eigenvalue weighted by Crippen LogP contribution is 2.19. The second-order valence-electron chi connectivity index (χ2n) is 4.09. The number of amides is 1. The molecule has 92 valence electrons. The molecule has 0 saturated heterocycles. The highest BCUT2D eigenvalue weighted by Gasteiger charge is 2.21. The summed E-state index contributed by atoms with van der Waals surface area (Å²) in [5.74, 6) is -0.347. The van der Waals surface area contributed by atoms with Crippen LogP contribution >= 0.6 is 0 Å². The number of nitrogens with zero attached hydrogens (tertiary/aromatic N) is 3. The van der Waals surface area contributed by atoms with Crippen molar-refractivity contribution in [2.24, 2.45) is 0 Å². The third-order valence-electron chi connectivity index (χ3n) is 2.96. The minimum atomic E-state index is -0.181. The first-order valence-electron chi connectivity index (χ1n) is 5.61. The van der Waals surface area contributed by atoms with Crippen molar-refractivity contribution >= 4 is 16.9 Å². The average molecular weight is 247 g/mol. The molecule has 1 amide bonds. The quantitative estimate of drug-likeness (QED) is 0.772. The highest BCUT2D eigenvalue weighted by molar-refractivity contribution is 6.04. The third-order valence-corrected chi connectivity index (χ3v) is 2.96. The largest absolute Gasteiger partial charge is 0.334 e. The lowest BCUT2D eigenvalue weighted by Crippen LogP contribution is -2.34. The van der Waals surface area contributed by atoms with Gasteiger partial charge >= 0.3 is 0 Å². The molecular formula is C12H10FN3O2. The topological polar surface area (TPSA) is 59.2 Å². The van der Waals surface area contributed by atoms with Gasteiger partial charge in [-0.25, -0.2) is 9.02 Å². The standard InChI is InChI=1S/C12H10FN3O2/c13-8-4-6-16(7-5-8)12(17)9-2-1-3-10-11(9)15-18-14-10/h1-4H,5-7H2. The maximum absolute atomic E-state index is 12.9. The number of carbonyl (C=O) groups excluding carboxylic acids is 1. The van der Waals surface area contributed by atoms with E-state index in [1.807, 2.05) is 0 Å². The number of hydrogen-bond acceptors (Lipinski definition) is 4. The summed E-state index contributed by atoms with van der Waals surface area (Å²) in [4.78, 5) is 13.9. The fourth-order valence-corrected chi connectivity index (χ4v) is 1.98. The molecule has 0 aliphatic carbocycles. The second-order valence-corrected chi connectivity index (χ2v) is 4.09. The van der Waals surface area contributed by atoms with Crippen molar-refractivity contribution < 1.29 is 13.8 Å². The summed E-state index contributed by atoms with van der Waals surface area (Å²) in [6.07, 6.45) is 1.68. The van der Waals surface area contributed by atoms with Gasteiger partial charge in [-0.2, -0.15) is 0 Å². The van der Waals surface area contributed by atoms with Crippen LogP contribution in [-0.2, 0) is 0 Å². The maximum Gasteiger partial charge on any atom is 0.256 e. The predicted octanol–water partition coefficient (Wildman–Crippen LogP) is 1.92. The molecule has 0 N–H and O–H groups in total. The van der Waals surface area contributed by atoms with Crippen molar-refractivity contribution in [3.63, 3.8) is 0 Å². The van der Waals surface area contributed by atoms with E-state index < -0.39 is 0 Å². The first kappa shape index (κ1) is 10.9. The van der Waals surface area contributed by atoms with E-state index in [1.165, 1.54) is 6.08 Å². The van der Waals surface area contributed by atoms with Gasteiger partial charge in [-0.05, 0) is 28.5 Å². The summed E-state index contributed by atoms with van der Waals surface area (Å²) in [5.41, 5.74) is 1.42. The zero-order chi connectivity index (χ0) is 12.5. The molecule has 1 aliphatic heterocycles. The van der Waals surface area contributed by atoms with Crippen molar-refractivity contribution in [1.29, 1.82) is 0 Å². The van der Waals surface area contributed by atoms with Gasteiger partial charge in [0.25, 0.3) is 5.91 Å². The molecule has 0 bridgehead atoms. The molecule has 6 heteroatoms. The van der Waals surface area contributed by atoms with Gasteiger partial charge in [-0.15, -0.1) is 0 Å². The van der Waals surface area contributed by atoms with E-state index in [0.717, 1.165) is 0 Å². The zero-order valence-corrected chi connectivity index (χ0v) is 9.47. The SMILES string of the molecule is O=C(c1cccc2nonc12)N1CC=C(F)CC1. The molecule has 0 radical (unpaired) electrons. The summed E-state index contributed by atoms with van der Waals surface area (Å²) in [6, 6.07) is 5.11. The predicted molar refractivity (Wildman–Crippen MR) is 61.5 cm³/mol. The molecule has 0 unspecified atom stereocenters. The first-order chi connectivity index (χ1) is 8.75. The van der Waals surface area contributed by atoms with E-state index in [2.05, 4.69) is 14.9 Å². The number of fused-ring (bicyclic) bond motifs is 1. The van der Waals surface area contributed by atoms with E-state index in [9.17, 15) is 9.18 Å². The summed E-state index contributed by atoms with van der Waals surface area (Å²) in [7, 11) is 0. The average Bonchev–Trinajstić information content (AvgIpc) is 2.87. The van der Waals surface area contributed by atoms with Crippen LogP contribution in [0.25, 0.3) is 11.0 Å². The Kier molecular flexibility index (Phi) is 2.55. The number of aromatic nitrogens is 2. The minimum Gasteiger partial charge on any atom is -0.334 e. The van der Waals surface area contributed by atoms with Crippen molar-refractivity contribution in [2.75, 3.05) is 13.1 Å². The molecule has 18 heavy (non-hydrogen) atoms. The van der Waals surface area contributed by atoms with E-state index in [-0.39, 0.29) is 24.7 Å². The molecule has 1 aromatic heterocycles. The Morgan fingerprint density at radius 3 is 3.06 bits per heavy atom. The monoisotopic (exact) mass is 247 g/mol. The number of halogens is 1. The third kappa shape index (κ3) is 1.75. The Morgan fingerprint density at radius 1 is 1.39 bits per heavy atom. The van der Waals surface area contributed by atoms with Crippen LogP contribution in [0.15, 0.2) is 34.7 Å². The van der Waals surface area contributed by atoms with Crippen LogP contribution in [0.5, 0.6) is 0 Å². The molecule has 2 heterocycles.